The standard InChI is InChI=1S/C17H23NO5S/c1-10(2)23-16-7-5-13(8-11(16)3)24(21,22)18-12-4-6-15(18)14(9-12)17(19)20/h5,7-8,10,12,14-15H,4,6,9H2,1-3H3,(H,19,20). The van der Waals surface area contributed by atoms with Gasteiger partial charge in [-0.1, -0.05) is 0 Å². The number of ether oxygens (including phenoxy) is 1. The number of carbonyl (C=O) groups is 1. The fraction of sp³-hybridized carbons (Fsp3) is 0.588. The lowest BCUT2D eigenvalue weighted by Gasteiger charge is -2.23. The molecule has 0 aromatic heterocycles. The van der Waals surface area contributed by atoms with Crippen LogP contribution < -0.4 is 4.74 Å². The van der Waals surface area contributed by atoms with Crippen LogP contribution in [0.5, 0.6) is 5.75 Å². The third-order valence-corrected chi connectivity index (χ3v) is 6.85. The SMILES string of the molecule is Cc1cc(S(=O)(=O)N2C3CCC2C(C(=O)O)C3)ccc1OC(C)C. The Kier molecular flexibility index (Phi) is 4.34. The van der Waals surface area contributed by atoms with E-state index in [1.165, 1.54) is 4.31 Å². The highest BCUT2D eigenvalue weighted by atomic mass is 32.2. The molecular weight excluding hydrogens is 330 g/mol. The Morgan fingerprint density at radius 2 is 2.04 bits per heavy atom. The van der Waals surface area contributed by atoms with Crippen molar-refractivity contribution < 1.29 is 23.1 Å². The first-order valence-corrected chi connectivity index (χ1v) is 9.69. The Bertz CT molecular complexity index is 758. The van der Waals surface area contributed by atoms with Gasteiger partial charge in [0.1, 0.15) is 5.75 Å². The lowest BCUT2D eigenvalue weighted by molar-refractivity contribution is -0.142. The number of carboxylic acids is 1. The van der Waals surface area contributed by atoms with Crippen molar-refractivity contribution in [3.8, 4) is 5.75 Å². The van der Waals surface area contributed by atoms with Gasteiger partial charge in [0.25, 0.3) is 0 Å². The minimum atomic E-state index is -3.69. The normalized spacial score (nSPS) is 26.9. The van der Waals surface area contributed by atoms with Gasteiger partial charge in [-0.15, -0.1) is 0 Å². The highest BCUT2D eigenvalue weighted by molar-refractivity contribution is 7.89. The summed E-state index contributed by atoms with van der Waals surface area (Å²) in [4.78, 5) is 11.6. The quantitative estimate of drug-likeness (QED) is 0.879. The summed E-state index contributed by atoms with van der Waals surface area (Å²) in [6, 6.07) is 4.21. The third kappa shape index (κ3) is 2.80. The van der Waals surface area contributed by atoms with E-state index >= 15 is 0 Å². The van der Waals surface area contributed by atoms with Crippen LogP contribution in [0.15, 0.2) is 23.1 Å². The maximum Gasteiger partial charge on any atom is 0.308 e. The summed E-state index contributed by atoms with van der Waals surface area (Å²) in [5.41, 5.74) is 0.756. The number of nitrogens with zero attached hydrogens (tertiary/aromatic N) is 1. The molecule has 0 spiro atoms. The summed E-state index contributed by atoms with van der Waals surface area (Å²) in [5.74, 6) is -0.834. The average Bonchev–Trinajstić information content (AvgIpc) is 3.07. The number of hydrogen-bond acceptors (Lipinski definition) is 4. The van der Waals surface area contributed by atoms with Gasteiger partial charge < -0.3 is 9.84 Å². The van der Waals surface area contributed by atoms with Crippen LogP contribution >= 0.6 is 0 Å². The zero-order chi connectivity index (χ0) is 17.6. The molecule has 1 aromatic carbocycles. The first-order valence-electron chi connectivity index (χ1n) is 8.25. The van der Waals surface area contributed by atoms with Gasteiger partial charge in [0.15, 0.2) is 0 Å². The molecule has 1 N–H and O–H groups in total. The molecular formula is C17H23NO5S. The second-order valence-corrected chi connectivity index (χ2v) is 8.75. The van der Waals surface area contributed by atoms with Gasteiger partial charge in [-0.05, 0) is 63.8 Å². The number of fused-ring (bicyclic) bond motifs is 2. The predicted molar refractivity (Wildman–Crippen MR) is 88.5 cm³/mol. The summed E-state index contributed by atoms with van der Waals surface area (Å²) >= 11 is 0. The smallest absolute Gasteiger partial charge is 0.308 e. The van der Waals surface area contributed by atoms with Gasteiger partial charge in [-0.3, -0.25) is 4.79 Å². The van der Waals surface area contributed by atoms with E-state index in [-0.39, 0.29) is 17.0 Å². The first kappa shape index (κ1) is 17.2. The second-order valence-electron chi connectivity index (χ2n) is 6.91. The van der Waals surface area contributed by atoms with Crippen LogP contribution in [0, 0.1) is 12.8 Å². The van der Waals surface area contributed by atoms with Crippen molar-refractivity contribution in [3.63, 3.8) is 0 Å². The van der Waals surface area contributed by atoms with Crippen molar-refractivity contribution in [1.29, 1.82) is 0 Å². The van der Waals surface area contributed by atoms with E-state index in [0.717, 1.165) is 12.0 Å². The molecule has 3 unspecified atom stereocenters. The molecule has 2 aliphatic rings. The Morgan fingerprint density at radius 3 is 2.58 bits per heavy atom. The summed E-state index contributed by atoms with van der Waals surface area (Å²) < 4.78 is 33.2. The molecule has 24 heavy (non-hydrogen) atoms. The van der Waals surface area contributed by atoms with Crippen LogP contribution in [0.25, 0.3) is 0 Å². The second kappa shape index (κ2) is 6.04. The Labute approximate surface area is 142 Å². The van der Waals surface area contributed by atoms with E-state index < -0.39 is 28.0 Å². The van der Waals surface area contributed by atoms with E-state index in [4.69, 9.17) is 4.74 Å². The van der Waals surface area contributed by atoms with E-state index in [0.29, 0.717) is 18.6 Å². The summed E-state index contributed by atoms with van der Waals surface area (Å²) in [5, 5.41) is 9.32. The molecule has 2 fully saturated rings. The number of hydrogen-bond donors (Lipinski definition) is 1. The number of carboxylic acid groups (broad SMARTS) is 1. The van der Waals surface area contributed by atoms with Crippen molar-refractivity contribution in [2.75, 3.05) is 0 Å². The molecule has 3 rings (SSSR count). The van der Waals surface area contributed by atoms with E-state index in [9.17, 15) is 18.3 Å². The molecule has 0 saturated carbocycles. The molecule has 2 saturated heterocycles. The first-order chi connectivity index (χ1) is 11.2. The number of benzene rings is 1. The fourth-order valence-corrected chi connectivity index (χ4v) is 5.87. The summed E-state index contributed by atoms with van der Waals surface area (Å²) in [7, 11) is -3.69. The highest BCUT2D eigenvalue weighted by Gasteiger charge is 2.54. The molecule has 3 atom stereocenters. The van der Waals surface area contributed by atoms with Crippen LogP contribution in [-0.2, 0) is 14.8 Å². The van der Waals surface area contributed by atoms with Crippen LogP contribution in [0.2, 0.25) is 0 Å². The molecule has 1 aromatic rings. The molecule has 0 radical (unpaired) electrons. The predicted octanol–water partition coefficient (Wildman–Crippen LogP) is 2.41. The summed E-state index contributed by atoms with van der Waals surface area (Å²) in [6.07, 6.45) is 1.78. The van der Waals surface area contributed by atoms with E-state index in [1.807, 2.05) is 20.8 Å². The summed E-state index contributed by atoms with van der Waals surface area (Å²) in [6.45, 7) is 5.64. The zero-order valence-electron chi connectivity index (χ0n) is 14.1. The Hall–Kier alpha value is -1.60. The van der Waals surface area contributed by atoms with Gasteiger partial charge in [-0.25, -0.2) is 8.42 Å². The topological polar surface area (TPSA) is 83.9 Å². The minimum Gasteiger partial charge on any atom is -0.491 e. The van der Waals surface area contributed by atoms with E-state index in [1.54, 1.807) is 18.2 Å². The maximum absolute atomic E-state index is 13.0. The zero-order valence-corrected chi connectivity index (χ0v) is 14.9. The molecule has 132 valence electrons. The van der Waals surface area contributed by atoms with Gasteiger partial charge >= 0.3 is 5.97 Å². The molecule has 0 aliphatic carbocycles. The Morgan fingerprint density at radius 1 is 1.33 bits per heavy atom. The number of rotatable bonds is 5. The molecule has 7 heteroatoms. The minimum absolute atomic E-state index is 0.0110. The van der Waals surface area contributed by atoms with Crippen molar-refractivity contribution in [1.82, 2.24) is 4.31 Å². The number of aliphatic carboxylic acids is 1. The lowest BCUT2D eigenvalue weighted by atomic mass is 9.89. The third-order valence-electron chi connectivity index (χ3n) is 4.87. The van der Waals surface area contributed by atoms with Crippen LogP contribution in [-0.4, -0.2) is 42.0 Å². The van der Waals surface area contributed by atoms with Gasteiger partial charge in [0, 0.05) is 12.1 Å². The van der Waals surface area contributed by atoms with Gasteiger partial charge in [0.05, 0.1) is 16.9 Å². The van der Waals surface area contributed by atoms with Crippen molar-refractivity contribution in [2.45, 2.75) is 63.1 Å². The monoisotopic (exact) mass is 353 g/mol. The molecule has 2 heterocycles. The maximum atomic E-state index is 13.0. The number of aryl methyl sites for hydroxylation is 1. The van der Waals surface area contributed by atoms with Gasteiger partial charge in [0.2, 0.25) is 10.0 Å². The molecule has 0 amide bonds. The fourth-order valence-electron chi connectivity index (χ4n) is 3.87. The molecule has 6 nitrogen and oxygen atoms in total. The van der Waals surface area contributed by atoms with Gasteiger partial charge in [-0.2, -0.15) is 4.31 Å². The van der Waals surface area contributed by atoms with Crippen molar-refractivity contribution in [3.05, 3.63) is 23.8 Å². The van der Waals surface area contributed by atoms with Crippen LogP contribution in [0.4, 0.5) is 0 Å². The van der Waals surface area contributed by atoms with Crippen LogP contribution in [0.3, 0.4) is 0 Å². The van der Waals surface area contributed by atoms with Crippen LogP contribution in [0.1, 0.15) is 38.7 Å². The van der Waals surface area contributed by atoms with E-state index in [2.05, 4.69) is 0 Å². The number of sulfonamides is 1. The largest absolute Gasteiger partial charge is 0.491 e. The molecule has 2 aliphatic heterocycles. The average molecular weight is 353 g/mol. The molecule has 2 bridgehead atoms. The van der Waals surface area contributed by atoms with Crippen molar-refractivity contribution in [2.24, 2.45) is 5.92 Å². The highest BCUT2D eigenvalue weighted by Crippen LogP contribution is 2.45. The lowest BCUT2D eigenvalue weighted by Crippen LogP contribution is -2.37. The Balaban J connectivity index is 1.92. The van der Waals surface area contributed by atoms with Crippen molar-refractivity contribution >= 4 is 16.0 Å².